The van der Waals surface area contributed by atoms with Crippen LogP contribution >= 0.6 is 15.9 Å². The molecule has 27 heavy (non-hydrogen) atoms. The van der Waals surface area contributed by atoms with Gasteiger partial charge in [-0.2, -0.15) is 26.3 Å². The third-order valence-electron chi connectivity index (χ3n) is 4.30. The Balaban J connectivity index is 2.74. The van der Waals surface area contributed by atoms with Gasteiger partial charge in [0.15, 0.2) is 0 Å². The highest BCUT2D eigenvalue weighted by Crippen LogP contribution is 2.55. The Hall–Kier alpha value is -1.38. The van der Waals surface area contributed by atoms with Gasteiger partial charge in [-0.15, -0.1) is 0 Å². The number of alkyl halides is 8. The number of allylic oxidation sites excluding steroid dienone is 4. The van der Waals surface area contributed by atoms with Crippen molar-refractivity contribution >= 4 is 15.9 Å². The topological polar surface area (TPSA) is 0 Å². The molecular weight excluding hydrogens is 448 g/mol. The van der Waals surface area contributed by atoms with Crippen LogP contribution in [0.4, 0.5) is 35.1 Å². The van der Waals surface area contributed by atoms with Crippen LogP contribution in [0.15, 0.2) is 47.6 Å². The van der Waals surface area contributed by atoms with Crippen molar-refractivity contribution in [1.82, 2.24) is 0 Å². The van der Waals surface area contributed by atoms with E-state index in [-0.39, 0.29) is 24.0 Å². The van der Waals surface area contributed by atoms with Gasteiger partial charge in [-0.05, 0) is 18.9 Å². The van der Waals surface area contributed by atoms with E-state index in [9.17, 15) is 35.1 Å². The standard InChI is InChI=1S/C18H15BrF8/c1-2-5-11-8-12(16(21,17(22,23)24)18(25,26)27)10-15(19,9-11)13-6-3-4-7-14(13)20/h3-4,6-8,10H,2,5,9H2,1H3. The number of hydrogen-bond donors (Lipinski definition) is 0. The average Bonchev–Trinajstić information content (AvgIpc) is 2.52. The molecule has 0 aromatic heterocycles. The van der Waals surface area contributed by atoms with E-state index in [1.54, 1.807) is 6.92 Å². The normalized spacial score (nSPS) is 21.7. The van der Waals surface area contributed by atoms with Crippen molar-refractivity contribution in [3.8, 4) is 0 Å². The first kappa shape index (κ1) is 21.9. The second-order valence-corrected chi connectivity index (χ2v) is 7.74. The first-order valence-electron chi connectivity index (χ1n) is 7.95. The van der Waals surface area contributed by atoms with Crippen molar-refractivity contribution in [3.63, 3.8) is 0 Å². The van der Waals surface area contributed by atoms with Crippen molar-refractivity contribution in [2.45, 2.75) is 48.5 Å². The fourth-order valence-electron chi connectivity index (χ4n) is 3.08. The predicted octanol–water partition coefficient (Wildman–Crippen LogP) is 7.31. The van der Waals surface area contributed by atoms with Gasteiger partial charge in [0, 0.05) is 11.1 Å². The van der Waals surface area contributed by atoms with Crippen LogP contribution in [0.3, 0.4) is 0 Å². The molecule has 0 radical (unpaired) electrons. The van der Waals surface area contributed by atoms with E-state index < -0.39 is 33.7 Å². The molecule has 1 aromatic rings. The second-order valence-electron chi connectivity index (χ2n) is 6.33. The first-order valence-corrected chi connectivity index (χ1v) is 8.74. The minimum atomic E-state index is -6.23. The van der Waals surface area contributed by atoms with Crippen LogP contribution < -0.4 is 0 Å². The molecule has 1 aromatic carbocycles. The fraction of sp³-hybridized carbons (Fsp3) is 0.444. The van der Waals surface area contributed by atoms with Crippen LogP contribution in [0, 0.1) is 5.82 Å². The smallest absolute Gasteiger partial charge is 0.218 e. The first-order chi connectivity index (χ1) is 12.3. The molecule has 9 heteroatoms. The van der Waals surface area contributed by atoms with Crippen molar-refractivity contribution in [3.05, 3.63) is 58.9 Å². The zero-order valence-electron chi connectivity index (χ0n) is 14.0. The molecule has 1 unspecified atom stereocenters. The van der Waals surface area contributed by atoms with Gasteiger partial charge in [0.25, 0.3) is 0 Å². The molecule has 1 aliphatic carbocycles. The average molecular weight is 463 g/mol. The molecule has 0 amide bonds. The van der Waals surface area contributed by atoms with E-state index in [1.807, 2.05) is 0 Å². The van der Waals surface area contributed by atoms with E-state index in [4.69, 9.17) is 0 Å². The van der Waals surface area contributed by atoms with Gasteiger partial charge in [-0.25, -0.2) is 8.78 Å². The lowest BCUT2D eigenvalue weighted by Gasteiger charge is -2.37. The predicted molar refractivity (Wildman–Crippen MR) is 88.6 cm³/mol. The van der Waals surface area contributed by atoms with Gasteiger partial charge in [0.05, 0.1) is 4.32 Å². The van der Waals surface area contributed by atoms with Crippen LogP contribution in [0.2, 0.25) is 0 Å². The van der Waals surface area contributed by atoms with Crippen LogP contribution in [-0.2, 0) is 4.32 Å². The Labute approximate surface area is 159 Å². The number of hydrogen-bond acceptors (Lipinski definition) is 0. The Morgan fingerprint density at radius 2 is 1.56 bits per heavy atom. The third-order valence-corrected chi connectivity index (χ3v) is 5.24. The van der Waals surface area contributed by atoms with Gasteiger partial charge in [-0.3, -0.25) is 0 Å². The summed E-state index contributed by atoms with van der Waals surface area (Å²) in [5.74, 6) is -0.828. The Morgan fingerprint density at radius 1 is 1.00 bits per heavy atom. The summed E-state index contributed by atoms with van der Waals surface area (Å²) in [7, 11) is 0. The molecule has 1 aliphatic rings. The highest BCUT2D eigenvalue weighted by molar-refractivity contribution is 9.09. The molecule has 150 valence electrons. The Morgan fingerprint density at radius 3 is 2.04 bits per heavy atom. The van der Waals surface area contributed by atoms with E-state index in [2.05, 4.69) is 15.9 Å². The summed E-state index contributed by atoms with van der Waals surface area (Å²) >= 11 is 3.07. The molecule has 0 bridgehead atoms. The lowest BCUT2D eigenvalue weighted by molar-refractivity contribution is -0.325. The monoisotopic (exact) mass is 462 g/mol. The maximum absolute atomic E-state index is 14.6. The molecular formula is C18H15BrF8. The fourth-order valence-corrected chi connectivity index (χ4v) is 4.01. The van der Waals surface area contributed by atoms with Gasteiger partial charge in [0.1, 0.15) is 5.82 Å². The van der Waals surface area contributed by atoms with E-state index >= 15 is 0 Å². The van der Waals surface area contributed by atoms with Crippen LogP contribution in [0.25, 0.3) is 0 Å². The maximum Gasteiger partial charge on any atom is 0.435 e. The molecule has 0 aliphatic heterocycles. The highest BCUT2D eigenvalue weighted by Gasteiger charge is 2.74. The maximum atomic E-state index is 14.6. The molecule has 1 atom stereocenters. The third kappa shape index (κ3) is 3.93. The largest absolute Gasteiger partial charge is 0.435 e. The molecule has 0 N–H and O–H groups in total. The summed E-state index contributed by atoms with van der Waals surface area (Å²) in [6, 6.07) is 4.98. The summed E-state index contributed by atoms with van der Waals surface area (Å²) in [5.41, 5.74) is -7.18. The molecule has 0 heterocycles. The van der Waals surface area contributed by atoms with Crippen LogP contribution in [0.5, 0.6) is 0 Å². The molecule has 0 nitrogen and oxygen atoms in total. The van der Waals surface area contributed by atoms with Gasteiger partial charge in [0.2, 0.25) is 0 Å². The zero-order chi connectivity index (χ0) is 20.7. The summed E-state index contributed by atoms with van der Waals surface area (Å²) in [6.07, 6.45) is -10.9. The molecule has 0 fully saturated rings. The van der Waals surface area contributed by atoms with Crippen molar-refractivity contribution < 1.29 is 35.1 Å². The number of benzene rings is 1. The molecule has 0 saturated carbocycles. The lowest BCUT2D eigenvalue weighted by Crippen LogP contribution is -2.55. The van der Waals surface area contributed by atoms with Crippen molar-refractivity contribution in [1.29, 1.82) is 0 Å². The molecule has 0 spiro atoms. The van der Waals surface area contributed by atoms with Crippen LogP contribution in [0.1, 0.15) is 31.7 Å². The molecule has 2 rings (SSSR count). The zero-order valence-corrected chi connectivity index (χ0v) is 15.6. The quantitative estimate of drug-likeness (QED) is 0.325. The number of halogens is 9. The van der Waals surface area contributed by atoms with Crippen molar-refractivity contribution in [2.75, 3.05) is 0 Å². The van der Waals surface area contributed by atoms with E-state index in [1.165, 1.54) is 18.2 Å². The summed E-state index contributed by atoms with van der Waals surface area (Å²) in [6.45, 7) is 1.67. The van der Waals surface area contributed by atoms with E-state index in [0.717, 1.165) is 6.07 Å². The van der Waals surface area contributed by atoms with Gasteiger partial charge < -0.3 is 0 Å². The van der Waals surface area contributed by atoms with Gasteiger partial charge >= 0.3 is 18.0 Å². The van der Waals surface area contributed by atoms with Crippen LogP contribution in [-0.4, -0.2) is 18.0 Å². The van der Waals surface area contributed by atoms with Gasteiger partial charge in [-0.1, -0.05) is 65.2 Å². The Bertz CT molecular complexity index is 745. The SMILES string of the molecule is CCCC1=CC(C(F)(C(F)(F)F)C(F)(F)F)=CC(Br)(c2ccccc2F)C1. The highest BCUT2D eigenvalue weighted by atomic mass is 79.9. The minimum absolute atomic E-state index is 0.0862. The number of rotatable bonds is 4. The summed E-state index contributed by atoms with van der Waals surface area (Å²) in [5, 5.41) is 0. The summed E-state index contributed by atoms with van der Waals surface area (Å²) < 4.78 is 106. The molecule has 0 saturated heterocycles. The minimum Gasteiger partial charge on any atom is -0.218 e. The lowest BCUT2D eigenvalue weighted by atomic mass is 9.78. The second kappa shape index (κ2) is 7.22. The Kier molecular flexibility index (Phi) is 5.86. The summed E-state index contributed by atoms with van der Waals surface area (Å²) in [4.78, 5) is 0. The van der Waals surface area contributed by atoms with E-state index in [0.29, 0.717) is 18.6 Å². The van der Waals surface area contributed by atoms with Crippen molar-refractivity contribution in [2.24, 2.45) is 0 Å².